The molecule has 2 rings (SSSR count). The van der Waals surface area contributed by atoms with E-state index < -0.39 is 0 Å². The topological polar surface area (TPSA) is 48.9 Å². The third-order valence-electron chi connectivity index (χ3n) is 1.44. The molecular weight excluding hydrogens is 128 g/mol. The molecule has 10 heavy (non-hydrogen) atoms. The van der Waals surface area contributed by atoms with Crippen molar-refractivity contribution in [1.82, 2.24) is 9.97 Å². The molecule has 50 valence electrons. The predicted octanol–water partition coefficient (Wildman–Crippen LogP) is 1.27. The second kappa shape index (κ2) is 1.73. The van der Waals surface area contributed by atoms with E-state index in [9.17, 15) is 0 Å². The van der Waals surface area contributed by atoms with Gasteiger partial charge in [-0.2, -0.15) is 0 Å². The number of H-pyrrole nitrogens is 1. The minimum atomic E-state index is 0.183. The van der Waals surface area contributed by atoms with Gasteiger partial charge in [-0.05, 0) is 12.1 Å². The number of rotatable bonds is 0. The zero-order chi connectivity index (χ0) is 6.97. The fourth-order valence-electron chi connectivity index (χ4n) is 0.947. The maximum Gasteiger partial charge on any atom is 0.198 e. The van der Waals surface area contributed by atoms with E-state index in [1.807, 2.05) is 6.07 Å². The first-order chi connectivity index (χ1) is 4.88. The van der Waals surface area contributed by atoms with Gasteiger partial charge in [0.1, 0.15) is 0 Å². The van der Waals surface area contributed by atoms with Gasteiger partial charge in [-0.1, -0.05) is 0 Å². The Morgan fingerprint density at radius 2 is 2.40 bits per heavy atom. The van der Waals surface area contributed by atoms with Gasteiger partial charge in [-0.15, -0.1) is 0 Å². The number of pyridine rings is 1. The first-order valence-corrected chi connectivity index (χ1v) is 2.99. The van der Waals surface area contributed by atoms with Crippen LogP contribution in [0.3, 0.4) is 0 Å². The fraction of sp³-hybridized carbons (Fsp3) is 0. The minimum Gasteiger partial charge on any atom is -0.494 e. The summed E-state index contributed by atoms with van der Waals surface area (Å²) in [6, 6.07) is 3.60. The van der Waals surface area contributed by atoms with Crippen LogP contribution in [0.4, 0.5) is 0 Å². The molecular formula is C7H6N2O. The number of fused-ring (bicyclic) bond motifs is 1. The second-order valence-electron chi connectivity index (χ2n) is 2.07. The molecule has 0 aromatic carbocycles. The number of aromatic hydroxyl groups is 1. The molecule has 2 aromatic heterocycles. The maximum absolute atomic E-state index is 9.12. The van der Waals surface area contributed by atoms with Crippen molar-refractivity contribution in [1.29, 1.82) is 0 Å². The molecule has 2 heterocycles. The normalized spacial score (nSPS) is 10.4. The quantitative estimate of drug-likeness (QED) is 0.570. The SMILES string of the molecule is Oc1[nH]cc2ncccc12. The number of hydrogen-bond donors (Lipinski definition) is 2. The van der Waals surface area contributed by atoms with Gasteiger partial charge in [0.25, 0.3) is 0 Å². The lowest BCUT2D eigenvalue weighted by Gasteiger charge is -1.85. The van der Waals surface area contributed by atoms with E-state index in [0.717, 1.165) is 10.9 Å². The van der Waals surface area contributed by atoms with Crippen LogP contribution in [-0.2, 0) is 0 Å². The van der Waals surface area contributed by atoms with Crippen molar-refractivity contribution in [2.45, 2.75) is 0 Å². The molecule has 0 aliphatic heterocycles. The molecule has 0 fully saturated rings. The standard InChI is InChI=1S/C7H6N2O/c10-7-5-2-1-3-8-6(5)4-9-7/h1-4,9-10H. The molecule has 0 aliphatic rings. The molecule has 3 nitrogen and oxygen atoms in total. The fourth-order valence-corrected chi connectivity index (χ4v) is 0.947. The van der Waals surface area contributed by atoms with E-state index in [4.69, 9.17) is 5.11 Å². The summed E-state index contributed by atoms with van der Waals surface area (Å²) in [7, 11) is 0. The second-order valence-corrected chi connectivity index (χ2v) is 2.07. The largest absolute Gasteiger partial charge is 0.494 e. The number of nitrogens with zero attached hydrogens (tertiary/aromatic N) is 1. The maximum atomic E-state index is 9.12. The monoisotopic (exact) mass is 134 g/mol. The van der Waals surface area contributed by atoms with Crippen LogP contribution < -0.4 is 0 Å². The van der Waals surface area contributed by atoms with E-state index in [1.165, 1.54) is 0 Å². The predicted molar refractivity (Wildman–Crippen MR) is 37.8 cm³/mol. The van der Waals surface area contributed by atoms with E-state index in [1.54, 1.807) is 18.5 Å². The third-order valence-corrected chi connectivity index (χ3v) is 1.44. The molecule has 0 saturated heterocycles. The number of aromatic amines is 1. The molecule has 0 unspecified atom stereocenters. The van der Waals surface area contributed by atoms with Crippen molar-refractivity contribution in [3.63, 3.8) is 0 Å². The first-order valence-electron chi connectivity index (χ1n) is 2.99. The third kappa shape index (κ3) is 0.572. The lowest BCUT2D eigenvalue weighted by Crippen LogP contribution is -1.68. The van der Waals surface area contributed by atoms with Crippen molar-refractivity contribution in [3.05, 3.63) is 24.5 Å². The Bertz CT molecular complexity index is 353. The lowest BCUT2D eigenvalue weighted by molar-refractivity contribution is 0.462. The number of hydrogen-bond acceptors (Lipinski definition) is 2. The highest BCUT2D eigenvalue weighted by molar-refractivity contribution is 5.83. The molecule has 0 spiro atoms. The van der Waals surface area contributed by atoms with Gasteiger partial charge in [0, 0.05) is 12.4 Å². The Morgan fingerprint density at radius 3 is 3.20 bits per heavy atom. The van der Waals surface area contributed by atoms with Crippen LogP contribution in [0.2, 0.25) is 0 Å². The smallest absolute Gasteiger partial charge is 0.198 e. The van der Waals surface area contributed by atoms with Gasteiger partial charge in [0.2, 0.25) is 0 Å². The van der Waals surface area contributed by atoms with Gasteiger partial charge in [0.15, 0.2) is 5.88 Å². The Balaban J connectivity index is 2.93. The number of aromatic nitrogens is 2. The summed E-state index contributed by atoms with van der Waals surface area (Å²) in [5, 5.41) is 9.88. The van der Waals surface area contributed by atoms with Crippen molar-refractivity contribution in [3.8, 4) is 5.88 Å². The highest BCUT2D eigenvalue weighted by atomic mass is 16.3. The van der Waals surface area contributed by atoms with Crippen LogP contribution in [0, 0.1) is 0 Å². The highest BCUT2D eigenvalue weighted by Crippen LogP contribution is 2.19. The lowest BCUT2D eigenvalue weighted by atomic mass is 10.3. The van der Waals surface area contributed by atoms with E-state index in [2.05, 4.69) is 9.97 Å². The van der Waals surface area contributed by atoms with Crippen LogP contribution in [0.25, 0.3) is 10.9 Å². The van der Waals surface area contributed by atoms with E-state index >= 15 is 0 Å². The molecule has 0 amide bonds. The summed E-state index contributed by atoms with van der Waals surface area (Å²) < 4.78 is 0. The van der Waals surface area contributed by atoms with Crippen LogP contribution >= 0.6 is 0 Å². The molecule has 3 heteroatoms. The average molecular weight is 134 g/mol. The molecule has 0 atom stereocenters. The Hall–Kier alpha value is -1.51. The summed E-state index contributed by atoms with van der Waals surface area (Å²) in [5.74, 6) is 0.183. The zero-order valence-electron chi connectivity index (χ0n) is 5.20. The van der Waals surface area contributed by atoms with Gasteiger partial charge in [0.05, 0.1) is 10.9 Å². The van der Waals surface area contributed by atoms with Crippen molar-refractivity contribution < 1.29 is 5.11 Å². The van der Waals surface area contributed by atoms with Crippen molar-refractivity contribution in [2.24, 2.45) is 0 Å². The molecule has 0 saturated carbocycles. The van der Waals surface area contributed by atoms with Crippen LogP contribution in [0.5, 0.6) is 5.88 Å². The van der Waals surface area contributed by atoms with E-state index in [-0.39, 0.29) is 5.88 Å². The van der Waals surface area contributed by atoms with Crippen LogP contribution in [0.1, 0.15) is 0 Å². The Kier molecular flexibility index (Phi) is 0.917. The Labute approximate surface area is 57.3 Å². The summed E-state index contributed by atoms with van der Waals surface area (Å²) in [6.07, 6.45) is 3.36. The summed E-state index contributed by atoms with van der Waals surface area (Å²) in [4.78, 5) is 6.68. The van der Waals surface area contributed by atoms with Crippen LogP contribution in [0.15, 0.2) is 24.5 Å². The molecule has 0 aliphatic carbocycles. The van der Waals surface area contributed by atoms with Crippen molar-refractivity contribution in [2.75, 3.05) is 0 Å². The van der Waals surface area contributed by atoms with Crippen molar-refractivity contribution >= 4 is 10.9 Å². The minimum absolute atomic E-state index is 0.183. The van der Waals surface area contributed by atoms with E-state index in [0.29, 0.717) is 0 Å². The average Bonchev–Trinajstić information content (AvgIpc) is 2.34. The molecule has 2 aromatic rings. The summed E-state index contributed by atoms with van der Waals surface area (Å²) in [6.45, 7) is 0. The molecule has 0 bridgehead atoms. The highest BCUT2D eigenvalue weighted by Gasteiger charge is 1.98. The van der Waals surface area contributed by atoms with Gasteiger partial charge < -0.3 is 10.1 Å². The molecule has 2 N–H and O–H groups in total. The molecule has 0 radical (unpaired) electrons. The van der Waals surface area contributed by atoms with Crippen LogP contribution in [-0.4, -0.2) is 15.1 Å². The van der Waals surface area contributed by atoms with Gasteiger partial charge >= 0.3 is 0 Å². The number of nitrogens with one attached hydrogen (secondary N) is 1. The first kappa shape index (κ1) is 5.29. The van der Waals surface area contributed by atoms with Gasteiger partial charge in [-0.25, -0.2) is 0 Å². The zero-order valence-corrected chi connectivity index (χ0v) is 5.20. The van der Waals surface area contributed by atoms with Gasteiger partial charge in [-0.3, -0.25) is 4.98 Å². The summed E-state index contributed by atoms with van der Waals surface area (Å²) in [5.41, 5.74) is 0.792. The Morgan fingerprint density at radius 1 is 1.50 bits per heavy atom. The summed E-state index contributed by atoms with van der Waals surface area (Å²) >= 11 is 0.